The van der Waals surface area contributed by atoms with Crippen LogP contribution in [-0.4, -0.2) is 25.4 Å². The predicted octanol–water partition coefficient (Wildman–Crippen LogP) is 3.40. The molecule has 0 atom stereocenters. The van der Waals surface area contributed by atoms with Crippen LogP contribution in [0.25, 0.3) is 0 Å². The predicted molar refractivity (Wildman–Crippen MR) is 77.9 cm³/mol. The number of ether oxygens (including phenoxy) is 2. The lowest BCUT2D eigenvalue weighted by molar-refractivity contribution is 0.0256. The van der Waals surface area contributed by atoms with Crippen molar-refractivity contribution in [3.8, 4) is 5.75 Å². The maximum atomic E-state index is 6.28. The number of halogens is 1. The molecule has 0 aliphatic carbocycles. The van der Waals surface area contributed by atoms with Crippen molar-refractivity contribution in [2.24, 2.45) is 0 Å². The van der Waals surface area contributed by atoms with Crippen LogP contribution < -0.4 is 10.1 Å². The van der Waals surface area contributed by atoms with Crippen molar-refractivity contribution in [2.75, 3.05) is 13.2 Å². The van der Waals surface area contributed by atoms with Gasteiger partial charge in [-0.05, 0) is 17.7 Å². The second kappa shape index (κ2) is 7.13. The normalized spacial score (nSPS) is 16.8. The molecule has 0 spiro atoms. The first kappa shape index (κ1) is 14.6. The lowest BCUT2D eigenvalue weighted by Crippen LogP contribution is -2.26. The summed E-state index contributed by atoms with van der Waals surface area (Å²) >= 11 is 6.28. The van der Waals surface area contributed by atoms with E-state index < -0.39 is 0 Å². The fourth-order valence-corrected chi connectivity index (χ4v) is 2.29. The van der Waals surface area contributed by atoms with Gasteiger partial charge in [0.2, 0.25) is 0 Å². The summed E-state index contributed by atoms with van der Waals surface area (Å²) in [6.45, 7) is 6.64. The first-order valence-corrected chi connectivity index (χ1v) is 7.29. The van der Waals surface area contributed by atoms with E-state index in [-0.39, 0.29) is 6.10 Å². The summed E-state index contributed by atoms with van der Waals surface area (Å²) in [5, 5.41) is 4.06. The molecular formula is C15H22ClNO2. The van der Waals surface area contributed by atoms with Crippen LogP contribution in [0.4, 0.5) is 0 Å². The molecule has 1 fully saturated rings. The fourth-order valence-electron chi connectivity index (χ4n) is 2.05. The molecule has 0 amide bonds. The number of hydrogen-bond donors (Lipinski definition) is 1. The summed E-state index contributed by atoms with van der Waals surface area (Å²) in [6.07, 6.45) is 2.10. The van der Waals surface area contributed by atoms with Crippen molar-refractivity contribution in [3.05, 3.63) is 28.8 Å². The van der Waals surface area contributed by atoms with Crippen LogP contribution in [0.15, 0.2) is 18.2 Å². The van der Waals surface area contributed by atoms with E-state index in [0.717, 1.165) is 38.3 Å². The van der Waals surface area contributed by atoms with Crippen molar-refractivity contribution >= 4 is 11.6 Å². The maximum absolute atomic E-state index is 6.28. The molecule has 3 nitrogen and oxygen atoms in total. The van der Waals surface area contributed by atoms with Crippen molar-refractivity contribution in [2.45, 2.75) is 45.4 Å². The molecule has 1 aliphatic rings. The van der Waals surface area contributed by atoms with Crippen molar-refractivity contribution in [1.29, 1.82) is 0 Å². The molecule has 19 heavy (non-hydrogen) atoms. The summed E-state index contributed by atoms with van der Waals surface area (Å²) in [7, 11) is 0. The van der Waals surface area contributed by atoms with Gasteiger partial charge < -0.3 is 14.8 Å². The molecular weight excluding hydrogens is 262 g/mol. The molecule has 0 aromatic heterocycles. The minimum absolute atomic E-state index is 0.228. The van der Waals surface area contributed by atoms with Crippen molar-refractivity contribution < 1.29 is 9.47 Å². The van der Waals surface area contributed by atoms with Crippen molar-refractivity contribution in [3.63, 3.8) is 0 Å². The molecule has 1 aromatic rings. The summed E-state index contributed by atoms with van der Waals surface area (Å²) in [6, 6.07) is 6.48. The summed E-state index contributed by atoms with van der Waals surface area (Å²) in [4.78, 5) is 0. The second-order valence-corrected chi connectivity index (χ2v) is 5.64. The Kier molecular flexibility index (Phi) is 5.49. The average molecular weight is 284 g/mol. The Hall–Kier alpha value is -0.770. The van der Waals surface area contributed by atoms with Gasteiger partial charge in [0.25, 0.3) is 0 Å². The van der Waals surface area contributed by atoms with Gasteiger partial charge in [0.05, 0.1) is 18.2 Å². The number of hydrogen-bond acceptors (Lipinski definition) is 3. The van der Waals surface area contributed by atoms with E-state index in [1.54, 1.807) is 0 Å². The summed E-state index contributed by atoms with van der Waals surface area (Å²) in [5.74, 6) is 0.780. The van der Waals surface area contributed by atoms with Crippen LogP contribution in [-0.2, 0) is 11.3 Å². The van der Waals surface area contributed by atoms with Gasteiger partial charge in [0.1, 0.15) is 11.9 Å². The standard InChI is InChI=1S/C15H22ClNO2/c1-11(2)17-10-12-3-4-15(14(16)9-12)19-13-5-7-18-8-6-13/h3-4,9,11,13,17H,5-8,10H2,1-2H3. The summed E-state index contributed by atoms with van der Waals surface area (Å²) < 4.78 is 11.3. The van der Waals surface area contributed by atoms with Gasteiger partial charge in [-0.2, -0.15) is 0 Å². The lowest BCUT2D eigenvalue weighted by atomic mass is 10.1. The van der Waals surface area contributed by atoms with Crippen LogP contribution >= 0.6 is 11.6 Å². The first-order chi connectivity index (χ1) is 9.15. The number of nitrogens with one attached hydrogen (secondary N) is 1. The van der Waals surface area contributed by atoms with Gasteiger partial charge in [-0.25, -0.2) is 0 Å². The largest absolute Gasteiger partial charge is 0.489 e. The van der Waals surface area contributed by atoms with Gasteiger partial charge >= 0.3 is 0 Å². The van der Waals surface area contributed by atoms with E-state index in [0.29, 0.717) is 11.1 Å². The highest BCUT2D eigenvalue weighted by molar-refractivity contribution is 6.32. The quantitative estimate of drug-likeness (QED) is 0.898. The Bertz CT molecular complexity index is 403. The highest BCUT2D eigenvalue weighted by atomic mass is 35.5. The van der Waals surface area contributed by atoms with Crippen molar-refractivity contribution in [1.82, 2.24) is 5.32 Å². The highest BCUT2D eigenvalue weighted by Gasteiger charge is 2.16. The van der Waals surface area contributed by atoms with Crippen LogP contribution in [0.3, 0.4) is 0 Å². The number of benzene rings is 1. The molecule has 1 aromatic carbocycles. The van der Waals surface area contributed by atoms with Gasteiger partial charge in [-0.15, -0.1) is 0 Å². The third kappa shape index (κ3) is 4.68. The summed E-state index contributed by atoms with van der Waals surface area (Å²) in [5.41, 5.74) is 1.18. The zero-order chi connectivity index (χ0) is 13.7. The maximum Gasteiger partial charge on any atom is 0.138 e. The zero-order valence-corrected chi connectivity index (χ0v) is 12.4. The first-order valence-electron chi connectivity index (χ1n) is 6.91. The molecule has 0 saturated carbocycles. The van der Waals surface area contributed by atoms with Gasteiger partial charge in [-0.3, -0.25) is 0 Å². The van der Waals surface area contributed by atoms with Crippen LogP contribution in [0.1, 0.15) is 32.3 Å². The SMILES string of the molecule is CC(C)NCc1ccc(OC2CCOCC2)c(Cl)c1. The highest BCUT2D eigenvalue weighted by Crippen LogP contribution is 2.28. The van der Waals surface area contributed by atoms with E-state index in [9.17, 15) is 0 Å². The van der Waals surface area contributed by atoms with E-state index in [1.165, 1.54) is 5.56 Å². The van der Waals surface area contributed by atoms with Crippen LogP contribution in [0.2, 0.25) is 5.02 Å². The van der Waals surface area contributed by atoms with Gasteiger partial charge in [-0.1, -0.05) is 31.5 Å². The third-order valence-corrected chi connectivity index (χ3v) is 3.47. The average Bonchev–Trinajstić information content (AvgIpc) is 2.40. The molecule has 4 heteroatoms. The van der Waals surface area contributed by atoms with E-state index in [2.05, 4.69) is 25.2 Å². The van der Waals surface area contributed by atoms with E-state index >= 15 is 0 Å². The smallest absolute Gasteiger partial charge is 0.138 e. The molecule has 1 saturated heterocycles. The Balaban J connectivity index is 1.94. The Labute approximate surface area is 120 Å². The molecule has 0 unspecified atom stereocenters. The Morgan fingerprint density at radius 2 is 2.11 bits per heavy atom. The molecule has 1 heterocycles. The Morgan fingerprint density at radius 3 is 2.74 bits per heavy atom. The van der Waals surface area contributed by atoms with E-state index in [4.69, 9.17) is 21.1 Å². The molecule has 1 aliphatic heterocycles. The third-order valence-electron chi connectivity index (χ3n) is 3.17. The molecule has 106 valence electrons. The second-order valence-electron chi connectivity index (χ2n) is 5.23. The van der Waals surface area contributed by atoms with Crippen LogP contribution in [0, 0.1) is 0 Å². The van der Waals surface area contributed by atoms with Gasteiger partial charge in [0, 0.05) is 25.4 Å². The molecule has 0 radical (unpaired) electrons. The minimum Gasteiger partial charge on any atom is -0.489 e. The zero-order valence-electron chi connectivity index (χ0n) is 11.6. The topological polar surface area (TPSA) is 30.5 Å². The van der Waals surface area contributed by atoms with Crippen LogP contribution in [0.5, 0.6) is 5.75 Å². The Morgan fingerprint density at radius 1 is 1.37 bits per heavy atom. The molecule has 1 N–H and O–H groups in total. The molecule has 0 bridgehead atoms. The number of rotatable bonds is 5. The molecule has 2 rings (SSSR count). The fraction of sp³-hybridized carbons (Fsp3) is 0.600. The minimum atomic E-state index is 0.228. The van der Waals surface area contributed by atoms with E-state index in [1.807, 2.05) is 12.1 Å². The van der Waals surface area contributed by atoms with Gasteiger partial charge in [0.15, 0.2) is 0 Å². The monoisotopic (exact) mass is 283 g/mol. The lowest BCUT2D eigenvalue weighted by Gasteiger charge is -2.24.